The van der Waals surface area contributed by atoms with Crippen LogP contribution in [0.1, 0.15) is 19.4 Å². The number of hydrogen-bond donors (Lipinski definition) is 2. The minimum Gasteiger partial charge on any atom is -0.423 e. The average Bonchev–Trinajstić information content (AvgIpc) is 2.36. The molecular formula is C10H12BNO4. The molecule has 0 bridgehead atoms. The van der Waals surface area contributed by atoms with Crippen LogP contribution in [-0.4, -0.2) is 18.2 Å². The number of carbonyl (C=O) groups is 1. The fraction of sp³-hybridized carbons (Fsp3) is 0.300. The number of primary amides is 1. The quantitative estimate of drug-likeness (QED) is 0.658. The van der Waals surface area contributed by atoms with E-state index in [9.17, 15) is 9.82 Å². The Morgan fingerprint density at radius 3 is 2.88 bits per heavy atom. The molecule has 16 heavy (non-hydrogen) atoms. The maximum absolute atomic E-state index is 10.6. The maximum Gasteiger partial charge on any atom is 0.492 e. The zero-order chi connectivity index (χ0) is 11.9. The van der Waals surface area contributed by atoms with Gasteiger partial charge in [-0.15, -0.1) is 0 Å². The molecular weight excluding hydrogens is 209 g/mol. The number of amides is 1. The first-order valence-electron chi connectivity index (χ1n) is 4.88. The van der Waals surface area contributed by atoms with Gasteiger partial charge in [-0.2, -0.15) is 0 Å². The van der Waals surface area contributed by atoms with Crippen LogP contribution >= 0.6 is 0 Å². The largest absolute Gasteiger partial charge is 0.492 e. The minimum absolute atomic E-state index is 0.344. The van der Waals surface area contributed by atoms with Gasteiger partial charge in [0.05, 0.1) is 5.60 Å². The van der Waals surface area contributed by atoms with Crippen LogP contribution in [0.3, 0.4) is 0 Å². The van der Waals surface area contributed by atoms with Crippen LogP contribution < -0.4 is 15.9 Å². The van der Waals surface area contributed by atoms with E-state index >= 15 is 0 Å². The second-order valence-electron chi connectivity index (χ2n) is 4.15. The van der Waals surface area contributed by atoms with Crippen molar-refractivity contribution in [3.05, 3.63) is 23.8 Å². The van der Waals surface area contributed by atoms with Crippen LogP contribution in [0.2, 0.25) is 0 Å². The molecule has 0 saturated heterocycles. The van der Waals surface area contributed by atoms with Gasteiger partial charge in [-0.3, -0.25) is 0 Å². The molecule has 2 rings (SSSR count). The molecule has 5 nitrogen and oxygen atoms in total. The maximum atomic E-state index is 10.6. The Hall–Kier alpha value is -1.53. The molecule has 0 spiro atoms. The monoisotopic (exact) mass is 221 g/mol. The average molecular weight is 221 g/mol. The number of ether oxygens (including phenoxy) is 1. The van der Waals surface area contributed by atoms with Crippen LogP contribution in [0.25, 0.3) is 0 Å². The molecule has 3 N–H and O–H groups in total. The summed E-state index contributed by atoms with van der Waals surface area (Å²) < 4.78 is 10.1. The smallest absolute Gasteiger partial charge is 0.423 e. The number of benzene rings is 1. The molecule has 84 valence electrons. The highest BCUT2D eigenvalue weighted by Crippen LogP contribution is 2.31. The highest BCUT2D eigenvalue weighted by Gasteiger charge is 2.40. The van der Waals surface area contributed by atoms with Gasteiger partial charge in [-0.25, -0.2) is 4.79 Å². The van der Waals surface area contributed by atoms with Crippen LogP contribution in [-0.2, 0) is 10.3 Å². The van der Waals surface area contributed by atoms with E-state index in [1.54, 1.807) is 18.2 Å². The van der Waals surface area contributed by atoms with E-state index in [1.807, 2.05) is 13.8 Å². The van der Waals surface area contributed by atoms with Crippen molar-refractivity contribution in [3.63, 3.8) is 0 Å². The summed E-state index contributed by atoms with van der Waals surface area (Å²) >= 11 is 0. The van der Waals surface area contributed by atoms with Crippen LogP contribution in [0.5, 0.6) is 5.75 Å². The van der Waals surface area contributed by atoms with Crippen molar-refractivity contribution >= 4 is 18.7 Å². The highest BCUT2D eigenvalue weighted by molar-refractivity contribution is 6.61. The summed E-state index contributed by atoms with van der Waals surface area (Å²) in [6, 6.07) is 4.88. The summed E-state index contributed by atoms with van der Waals surface area (Å²) in [5.41, 5.74) is 5.79. The fourth-order valence-electron chi connectivity index (χ4n) is 1.86. The third-order valence-corrected chi connectivity index (χ3v) is 2.56. The van der Waals surface area contributed by atoms with Crippen molar-refractivity contribution in [2.24, 2.45) is 5.73 Å². The van der Waals surface area contributed by atoms with E-state index in [0.717, 1.165) is 5.56 Å². The van der Waals surface area contributed by atoms with Gasteiger partial charge in [-0.1, -0.05) is 6.07 Å². The van der Waals surface area contributed by atoms with Crippen molar-refractivity contribution in [2.75, 3.05) is 0 Å². The second-order valence-corrected chi connectivity index (χ2v) is 4.15. The van der Waals surface area contributed by atoms with Gasteiger partial charge in [-0.05, 0) is 37.0 Å². The molecule has 0 fully saturated rings. The van der Waals surface area contributed by atoms with E-state index in [-0.39, 0.29) is 0 Å². The van der Waals surface area contributed by atoms with Crippen molar-refractivity contribution in [2.45, 2.75) is 19.4 Å². The lowest BCUT2D eigenvalue weighted by molar-refractivity contribution is 0.100. The molecule has 0 radical (unpaired) electrons. The number of nitrogens with two attached hydrogens (primary N) is 1. The van der Waals surface area contributed by atoms with Crippen molar-refractivity contribution in [3.8, 4) is 5.75 Å². The van der Waals surface area contributed by atoms with Gasteiger partial charge in [0.2, 0.25) is 0 Å². The third kappa shape index (κ3) is 1.77. The summed E-state index contributed by atoms with van der Waals surface area (Å²) in [4.78, 5) is 10.6. The van der Waals surface area contributed by atoms with E-state index in [4.69, 9.17) is 15.1 Å². The van der Waals surface area contributed by atoms with Crippen molar-refractivity contribution in [1.82, 2.24) is 0 Å². The normalized spacial score (nSPS) is 17.1. The first-order valence-corrected chi connectivity index (χ1v) is 4.88. The zero-order valence-electron chi connectivity index (χ0n) is 9.06. The van der Waals surface area contributed by atoms with Crippen molar-refractivity contribution in [1.29, 1.82) is 0 Å². The first-order chi connectivity index (χ1) is 7.40. The SMILES string of the molecule is CC1(C)OB(O)c2ccc(OC(N)=O)cc21. The zero-order valence-corrected chi connectivity index (χ0v) is 9.06. The summed E-state index contributed by atoms with van der Waals surface area (Å²) in [7, 11) is -0.937. The topological polar surface area (TPSA) is 81.8 Å². The van der Waals surface area contributed by atoms with E-state index < -0.39 is 18.8 Å². The van der Waals surface area contributed by atoms with Crippen LogP contribution in [0.4, 0.5) is 4.79 Å². The Morgan fingerprint density at radius 2 is 2.25 bits per heavy atom. The molecule has 1 aliphatic heterocycles. The fourth-order valence-corrected chi connectivity index (χ4v) is 1.86. The van der Waals surface area contributed by atoms with E-state index in [1.165, 1.54) is 0 Å². The Bertz CT molecular complexity index is 446. The summed E-state index contributed by atoms with van der Waals surface area (Å²) in [6.45, 7) is 3.66. The second kappa shape index (κ2) is 3.50. The molecule has 1 aromatic rings. The molecule has 1 heterocycles. The standard InChI is InChI=1S/C10H12BNO4/c1-10(2)7-5-6(15-9(12)13)3-4-8(7)11(14)16-10/h3-5,14H,1-2H3,(H2,12,13). The summed E-state index contributed by atoms with van der Waals surface area (Å²) in [6.07, 6.45) is -0.864. The number of rotatable bonds is 1. The van der Waals surface area contributed by atoms with Gasteiger partial charge >= 0.3 is 13.2 Å². The molecule has 0 saturated carbocycles. The Balaban J connectivity index is 2.42. The minimum atomic E-state index is -0.937. The lowest BCUT2D eigenvalue weighted by Crippen LogP contribution is -2.28. The van der Waals surface area contributed by atoms with Crippen molar-refractivity contribution < 1.29 is 19.2 Å². The molecule has 1 aliphatic rings. The van der Waals surface area contributed by atoms with Gasteiger partial charge in [0, 0.05) is 0 Å². The number of hydrogen-bond acceptors (Lipinski definition) is 4. The summed E-state index contributed by atoms with van der Waals surface area (Å²) in [5.74, 6) is 0.344. The van der Waals surface area contributed by atoms with Gasteiger partial charge in [0.25, 0.3) is 0 Å². The lowest BCUT2D eigenvalue weighted by Gasteiger charge is -2.19. The predicted octanol–water partition coefficient (Wildman–Crippen LogP) is 0.0969. The van der Waals surface area contributed by atoms with Crippen LogP contribution in [0.15, 0.2) is 18.2 Å². The predicted molar refractivity (Wildman–Crippen MR) is 58.4 cm³/mol. The van der Waals surface area contributed by atoms with E-state index in [0.29, 0.717) is 11.2 Å². The summed E-state index contributed by atoms with van der Waals surface area (Å²) in [5, 5.41) is 9.64. The number of carbonyl (C=O) groups excluding carboxylic acids is 1. The van der Waals surface area contributed by atoms with Gasteiger partial charge in [0.1, 0.15) is 5.75 Å². The molecule has 0 aliphatic carbocycles. The lowest BCUT2D eigenvalue weighted by atomic mass is 9.78. The molecule has 0 unspecified atom stereocenters. The Labute approximate surface area is 93.3 Å². The van der Waals surface area contributed by atoms with Gasteiger partial charge < -0.3 is 20.1 Å². The highest BCUT2D eigenvalue weighted by atomic mass is 16.6. The molecule has 0 atom stereocenters. The molecule has 0 aromatic heterocycles. The van der Waals surface area contributed by atoms with Gasteiger partial charge in [0.15, 0.2) is 0 Å². The number of fused-ring (bicyclic) bond motifs is 1. The van der Waals surface area contributed by atoms with E-state index in [2.05, 4.69) is 0 Å². The Morgan fingerprint density at radius 1 is 1.56 bits per heavy atom. The molecule has 1 aromatic carbocycles. The molecule has 6 heteroatoms. The first kappa shape index (κ1) is 11.0. The third-order valence-electron chi connectivity index (χ3n) is 2.56. The van der Waals surface area contributed by atoms with Crippen LogP contribution in [0, 0.1) is 0 Å². The Kier molecular flexibility index (Phi) is 2.40. The molecule has 1 amide bonds.